The molecule has 1 aromatic heterocycles. The molecular weight excluding hydrogens is 463 g/mol. The minimum Gasteiger partial charge on any atom is -0.488 e. The average molecular weight is 490 g/mol. The molecular formula is C26H26F3NO3S. The zero-order valence-corrected chi connectivity index (χ0v) is 19.3. The first-order chi connectivity index (χ1) is 16.3. The van der Waals surface area contributed by atoms with E-state index in [0.29, 0.717) is 40.1 Å². The number of nitrogens with one attached hydrogen (secondary N) is 1. The summed E-state index contributed by atoms with van der Waals surface area (Å²) in [6, 6.07) is 17.9. The molecule has 2 N–H and O–H groups in total. The Kier molecular flexibility index (Phi) is 7.58. The van der Waals surface area contributed by atoms with Crippen LogP contribution in [0.4, 0.5) is 13.2 Å². The molecule has 2 aromatic carbocycles. The van der Waals surface area contributed by atoms with Gasteiger partial charge in [-0.2, -0.15) is 13.2 Å². The van der Waals surface area contributed by atoms with Crippen LogP contribution in [-0.4, -0.2) is 17.1 Å². The molecule has 0 aliphatic heterocycles. The van der Waals surface area contributed by atoms with Crippen LogP contribution in [0.5, 0.6) is 5.75 Å². The fraction of sp³-hybridized carbons (Fsp3) is 0.346. The molecule has 34 heavy (non-hydrogen) atoms. The van der Waals surface area contributed by atoms with Crippen LogP contribution in [0.3, 0.4) is 0 Å². The third kappa shape index (κ3) is 6.39. The van der Waals surface area contributed by atoms with Crippen LogP contribution in [0, 0.1) is 5.92 Å². The summed E-state index contributed by atoms with van der Waals surface area (Å²) in [6.45, 7) is 0.732. The van der Waals surface area contributed by atoms with Crippen molar-refractivity contribution in [2.24, 2.45) is 5.92 Å². The molecule has 180 valence electrons. The highest BCUT2D eigenvalue weighted by atomic mass is 32.1. The van der Waals surface area contributed by atoms with Crippen molar-refractivity contribution in [2.75, 3.05) is 0 Å². The Morgan fingerprint density at radius 1 is 1.09 bits per heavy atom. The number of carboxylic acids is 1. The maximum Gasteiger partial charge on any atom is 0.426 e. The van der Waals surface area contributed by atoms with Crippen LogP contribution in [0.1, 0.15) is 41.0 Å². The molecule has 1 aliphatic carbocycles. The summed E-state index contributed by atoms with van der Waals surface area (Å²) in [6.07, 6.45) is -1.41. The van der Waals surface area contributed by atoms with E-state index in [-0.39, 0.29) is 24.5 Å². The molecule has 3 aromatic rings. The van der Waals surface area contributed by atoms with Gasteiger partial charge in [0.05, 0.1) is 0 Å². The largest absolute Gasteiger partial charge is 0.488 e. The number of alkyl halides is 3. The van der Waals surface area contributed by atoms with Crippen molar-refractivity contribution in [3.05, 3.63) is 76.0 Å². The van der Waals surface area contributed by atoms with Crippen molar-refractivity contribution in [1.29, 1.82) is 0 Å². The van der Waals surface area contributed by atoms with E-state index in [4.69, 9.17) is 9.84 Å². The van der Waals surface area contributed by atoms with Crippen LogP contribution in [-0.2, 0) is 24.1 Å². The Hall–Kier alpha value is -2.84. The summed E-state index contributed by atoms with van der Waals surface area (Å²) in [7, 11) is 0. The zero-order valence-electron chi connectivity index (χ0n) is 18.5. The van der Waals surface area contributed by atoms with Gasteiger partial charge in [0.2, 0.25) is 0 Å². The lowest BCUT2D eigenvalue weighted by atomic mass is 10.0. The molecule has 0 spiro atoms. The quantitative estimate of drug-likeness (QED) is 0.349. The molecule has 1 aliphatic rings. The molecule has 8 heteroatoms. The van der Waals surface area contributed by atoms with Gasteiger partial charge >= 0.3 is 12.1 Å². The van der Waals surface area contributed by atoms with Gasteiger partial charge in [-0.15, -0.1) is 11.3 Å². The zero-order chi connectivity index (χ0) is 24.1. The number of thiophene rings is 1. The van der Waals surface area contributed by atoms with Crippen LogP contribution in [0.25, 0.3) is 11.1 Å². The smallest absolute Gasteiger partial charge is 0.426 e. The van der Waals surface area contributed by atoms with Crippen LogP contribution >= 0.6 is 11.3 Å². The Balaban J connectivity index is 1.32. The maximum atomic E-state index is 13.6. The molecule has 0 radical (unpaired) electrons. The Morgan fingerprint density at radius 2 is 1.82 bits per heavy atom. The third-order valence-electron chi connectivity index (χ3n) is 6.03. The first-order valence-electron chi connectivity index (χ1n) is 11.2. The number of aliphatic carboxylic acids is 1. The Labute approximate surface area is 200 Å². The summed E-state index contributed by atoms with van der Waals surface area (Å²) >= 11 is 0.713. The predicted octanol–water partition coefficient (Wildman–Crippen LogP) is 6.75. The molecule has 1 fully saturated rings. The van der Waals surface area contributed by atoms with Crippen molar-refractivity contribution in [3.8, 4) is 16.9 Å². The van der Waals surface area contributed by atoms with E-state index in [1.165, 1.54) is 0 Å². The highest BCUT2D eigenvalue weighted by Gasteiger charge is 2.36. The Morgan fingerprint density at radius 3 is 2.50 bits per heavy atom. The summed E-state index contributed by atoms with van der Waals surface area (Å²) in [5.41, 5.74) is 1.78. The van der Waals surface area contributed by atoms with Gasteiger partial charge in [0.1, 0.15) is 17.2 Å². The van der Waals surface area contributed by atoms with Gasteiger partial charge in [-0.1, -0.05) is 42.5 Å². The third-order valence-corrected chi connectivity index (χ3v) is 7.18. The SMILES string of the molecule is O=C(O)CC1CCC(NCc2ccc(OCc3cc(-c4ccccc4)c(C(F)(F)F)s3)cc2)C1. The summed E-state index contributed by atoms with van der Waals surface area (Å²) in [5.74, 6) is 0.0901. The number of hydrogen-bond donors (Lipinski definition) is 2. The van der Waals surface area contributed by atoms with Gasteiger partial charge in [0.25, 0.3) is 0 Å². The first kappa shape index (κ1) is 24.3. The molecule has 4 rings (SSSR count). The maximum absolute atomic E-state index is 13.6. The second-order valence-electron chi connectivity index (χ2n) is 8.61. The van der Waals surface area contributed by atoms with Gasteiger partial charge in [0, 0.05) is 29.4 Å². The van der Waals surface area contributed by atoms with Crippen molar-refractivity contribution in [2.45, 2.75) is 51.1 Å². The predicted molar refractivity (Wildman–Crippen MR) is 126 cm³/mol. The van der Waals surface area contributed by atoms with Crippen LogP contribution < -0.4 is 10.1 Å². The topological polar surface area (TPSA) is 58.6 Å². The number of hydrogen-bond acceptors (Lipinski definition) is 4. The summed E-state index contributed by atoms with van der Waals surface area (Å²) in [4.78, 5) is 10.8. The molecule has 0 saturated heterocycles. The fourth-order valence-corrected chi connectivity index (χ4v) is 5.33. The number of halogens is 3. The van der Waals surface area contributed by atoms with E-state index in [2.05, 4.69) is 5.32 Å². The molecule has 2 atom stereocenters. The number of rotatable bonds is 9. The van der Waals surface area contributed by atoms with E-state index in [1.807, 2.05) is 24.3 Å². The van der Waals surface area contributed by atoms with Crippen LogP contribution in [0.2, 0.25) is 0 Å². The molecule has 1 heterocycles. The minimum absolute atomic E-state index is 0.0607. The average Bonchev–Trinajstić information content (AvgIpc) is 3.44. The van der Waals surface area contributed by atoms with E-state index in [1.54, 1.807) is 36.4 Å². The lowest BCUT2D eigenvalue weighted by Gasteiger charge is -2.13. The molecule has 0 amide bonds. The molecule has 0 bridgehead atoms. The number of ether oxygens (including phenoxy) is 1. The highest BCUT2D eigenvalue weighted by Crippen LogP contribution is 2.43. The van der Waals surface area contributed by atoms with E-state index < -0.39 is 17.0 Å². The van der Waals surface area contributed by atoms with Crippen molar-refractivity contribution in [1.82, 2.24) is 5.32 Å². The fourth-order valence-electron chi connectivity index (χ4n) is 4.37. The first-order valence-corrected chi connectivity index (χ1v) is 12.0. The Bertz CT molecular complexity index is 1100. The van der Waals surface area contributed by atoms with Crippen molar-refractivity contribution < 1.29 is 27.8 Å². The van der Waals surface area contributed by atoms with Crippen molar-refractivity contribution in [3.63, 3.8) is 0 Å². The van der Waals surface area contributed by atoms with Gasteiger partial charge in [-0.05, 0) is 54.5 Å². The van der Waals surface area contributed by atoms with E-state index in [9.17, 15) is 18.0 Å². The molecule has 2 unspecified atom stereocenters. The second-order valence-corrected chi connectivity index (χ2v) is 9.74. The van der Waals surface area contributed by atoms with Gasteiger partial charge in [-0.3, -0.25) is 4.79 Å². The molecule has 1 saturated carbocycles. The van der Waals surface area contributed by atoms with Gasteiger partial charge in [0.15, 0.2) is 0 Å². The normalized spacial score (nSPS) is 18.2. The monoisotopic (exact) mass is 489 g/mol. The van der Waals surface area contributed by atoms with Gasteiger partial charge < -0.3 is 15.2 Å². The highest BCUT2D eigenvalue weighted by molar-refractivity contribution is 7.12. The van der Waals surface area contributed by atoms with E-state index >= 15 is 0 Å². The number of carbonyl (C=O) groups is 1. The van der Waals surface area contributed by atoms with E-state index in [0.717, 1.165) is 24.8 Å². The number of carboxylic acid groups (broad SMARTS) is 1. The minimum atomic E-state index is -4.42. The lowest BCUT2D eigenvalue weighted by Crippen LogP contribution is -2.26. The molecule has 4 nitrogen and oxygen atoms in total. The van der Waals surface area contributed by atoms with Gasteiger partial charge in [-0.25, -0.2) is 0 Å². The number of benzene rings is 2. The van der Waals surface area contributed by atoms with Crippen molar-refractivity contribution >= 4 is 17.3 Å². The summed E-state index contributed by atoms with van der Waals surface area (Å²) in [5, 5.41) is 12.4. The summed E-state index contributed by atoms with van der Waals surface area (Å²) < 4.78 is 46.4. The van der Waals surface area contributed by atoms with Crippen LogP contribution in [0.15, 0.2) is 60.7 Å². The standard InChI is InChI=1S/C26H26F3NO3S/c27-26(28,29)25-23(19-4-2-1-3-5-19)14-22(34-25)16-33-21-10-7-17(8-11-21)15-30-20-9-6-18(12-20)13-24(31)32/h1-5,7-8,10-11,14,18,20,30H,6,9,12-13,15-16H2,(H,31,32). The second kappa shape index (κ2) is 10.6. The lowest BCUT2D eigenvalue weighted by molar-refractivity contribution is -0.138.